The van der Waals surface area contributed by atoms with Gasteiger partial charge in [0.05, 0.1) is 24.5 Å². The Hall–Kier alpha value is -2.31. The molecule has 0 radical (unpaired) electrons. The van der Waals surface area contributed by atoms with Crippen molar-refractivity contribution in [2.24, 2.45) is 0 Å². The average Bonchev–Trinajstić information content (AvgIpc) is 2.88. The number of benzene rings is 1. The highest BCUT2D eigenvalue weighted by atomic mass is 19.1. The number of anilines is 2. The number of aromatic nitrogens is 3. The minimum Gasteiger partial charge on any atom is -0.491 e. The van der Waals surface area contributed by atoms with Crippen molar-refractivity contribution in [3.05, 3.63) is 30.1 Å². The van der Waals surface area contributed by atoms with Crippen molar-refractivity contribution >= 4 is 11.4 Å². The number of nitrogen functional groups attached to an aromatic ring is 1. The van der Waals surface area contributed by atoms with Crippen molar-refractivity contribution in [2.45, 2.75) is 26.9 Å². The molecule has 3 N–H and O–H groups in total. The molecule has 0 atom stereocenters. The van der Waals surface area contributed by atoms with Gasteiger partial charge in [-0.1, -0.05) is 0 Å². The molecule has 6 nitrogen and oxygen atoms in total. The molecule has 0 aliphatic rings. The fourth-order valence-corrected chi connectivity index (χ4v) is 1.84. The van der Waals surface area contributed by atoms with Gasteiger partial charge in [-0.2, -0.15) is 0 Å². The normalized spacial score (nSPS) is 10.6. The molecule has 1 aromatic heterocycles. The quantitative estimate of drug-likeness (QED) is 0.791. The van der Waals surface area contributed by atoms with E-state index in [4.69, 9.17) is 10.5 Å². The molecule has 0 spiro atoms. The third-order valence-electron chi connectivity index (χ3n) is 2.88. The summed E-state index contributed by atoms with van der Waals surface area (Å²) >= 11 is 0. The van der Waals surface area contributed by atoms with Gasteiger partial charge in [0.25, 0.3) is 0 Å². The van der Waals surface area contributed by atoms with Crippen LogP contribution in [0, 0.1) is 5.82 Å². The van der Waals surface area contributed by atoms with E-state index in [-0.39, 0.29) is 5.75 Å². The van der Waals surface area contributed by atoms with E-state index in [0.29, 0.717) is 24.5 Å². The Morgan fingerprint density at radius 2 is 2.20 bits per heavy atom. The molecular weight excluding hydrogens is 261 g/mol. The van der Waals surface area contributed by atoms with Crippen molar-refractivity contribution < 1.29 is 9.13 Å². The molecule has 0 saturated heterocycles. The fraction of sp³-hybridized carbons (Fsp3) is 0.385. The van der Waals surface area contributed by atoms with E-state index in [1.807, 2.05) is 11.5 Å². The van der Waals surface area contributed by atoms with E-state index in [0.717, 1.165) is 12.4 Å². The predicted molar refractivity (Wildman–Crippen MR) is 75.0 cm³/mol. The summed E-state index contributed by atoms with van der Waals surface area (Å²) in [5.74, 6) is 0.502. The number of nitrogens with two attached hydrogens (primary N) is 1. The second-order valence-corrected chi connectivity index (χ2v) is 4.19. The first kappa shape index (κ1) is 14.1. The maximum atomic E-state index is 13.6. The maximum Gasteiger partial charge on any atom is 0.167 e. The van der Waals surface area contributed by atoms with Gasteiger partial charge in [-0.15, -0.1) is 10.2 Å². The Morgan fingerprint density at radius 1 is 1.40 bits per heavy atom. The topological polar surface area (TPSA) is 78.0 Å². The largest absolute Gasteiger partial charge is 0.491 e. The van der Waals surface area contributed by atoms with Crippen LogP contribution < -0.4 is 15.8 Å². The lowest BCUT2D eigenvalue weighted by Crippen LogP contribution is -2.09. The third kappa shape index (κ3) is 2.98. The van der Waals surface area contributed by atoms with Crippen molar-refractivity contribution in [1.29, 1.82) is 0 Å². The van der Waals surface area contributed by atoms with Gasteiger partial charge < -0.3 is 20.4 Å². The number of nitrogens with zero attached hydrogens (tertiary/aromatic N) is 3. The van der Waals surface area contributed by atoms with E-state index >= 15 is 0 Å². The molecule has 0 fully saturated rings. The lowest BCUT2D eigenvalue weighted by Gasteiger charge is -2.12. The molecule has 2 rings (SSSR count). The van der Waals surface area contributed by atoms with Crippen LogP contribution in [0.25, 0.3) is 0 Å². The van der Waals surface area contributed by atoms with E-state index in [1.165, 1.54) is 6.07 Å². The second-order valence-electron chi connectivity index (χ2n) is 4.19. The molecule has 0 saturated carbocycles. The first-order chi connectivity index (χ1) is 9.65. The van der Waals surface area contributed by atoms with Crippen molar-refractivity contribution in [2.75, 3.05) is 17.7 Å². The first-order valence-corrected chi connectivity index (χ1v) is 6.48. The zero-order valence-electron chi connectivity index (χ0n) is 11.6. The first-order valence-electron chi connectivity index (χ1n) is 6.48. The van der Waals surface area contributed by atoms with Crippen molar-refractivity contribution in [3.8, 4) is 5.75 Å². The lowest BCUT2D eigenvalue weighted by molar-refractivity contribution is 0.322. The standard InChI is InChI=1S/C13H18FN5O/c1-3-19-8-17-18-13(19)7-16-11-6-12(20-4-2)9(14)5-10(11)15/h5-6,8,16H,3-4,7,15H2,1-2H3. The molecular formula is C13H18FN5O. The number of halogens is 1. The number of rotatable bonds is 6. The number of nitrogens with one attached hydrogen (secondary N) is 1. The summed E-state index contributed by atoms with van der Waals surface area (Å²) in [7, 11) is 0. The zero-order chi connectivity index (χ0) is 14.5. The Morgan fingerprint density at radius 3 is 2.90 bits per heavy atom. The van der Waals surface area contributed by atoms with Crippen LogP contribution in [0.15, 0.2) is 18.5 Å². The van der Waals surface area contributed by atoms with Crippen molar-refractivity contribution in [1.82, 2.24) is 14.8 Å². The van der Waals surface area contributed by atoms with Gasteiger partial charge in [-0.3, -0.25) is 0 Å². The molecule has 1 aromatic carbocycles. The summed E-state index contributed by atoms with van der Waals surface area (Å²) in [5, 5.41) is 11.0. The van der Waals surface area contributed by atoms with Crippen LogP contribution in [-0.4, -0.2) is 21.4 Å². The van der Waals surface area contributed by atoms with Gasteiger partial charge in [0.1, 0.15) is 6.33 Å². The SMILES string of the molecule is CCOc1cc(NCc2nncn2CC)c(N)cc1F. The second kappa shape index (κ2) is 6.23. The molecule has 20 heavy (non-hydrogen) atoms. The van der Waals surface area contributed by atoms with Gasteiger partial charge in [-0.05, 0) is 13.8 Å². The Labute approximate surface area is 116 Å². The van der Waals surface area contributed by atoms with Crippen LogP contribution in [0.3, 0.4) is 0 Å². The van der Waals surface area contributed by atoms with E-state index in [2.05, 4.69) is 15.5 Å². The smallest absolute Gasteiger partial charge is 0.167 e. The summed E-state index contributed by atoms with van der Waals surface area (Å²) < 4.78 is 20.7. The highest BCUT2D eigenvalue weighted by molar-refractivity contribution is 5.68. The van der Waals surface area contributed by atoms with Crippen molar-refractivity contribution in [3.63, 3.8) is 0 Å². The Kier molecular flexibility index (Phi) is 4.39. The van der Waals surface area contributed by atoms with E-state index in [1.54, 1.807) is 19.3 Å². The van der Waals surface area contributed by atoms with Gasteiger partial charge >= 0.3 is 0 Å². The third-order valence-corrected chi connectivity index (χ3v) is 2.88. The Bertz CT molecular complexity index is 584. The number of ether oxygens (including phenoxy) is 1. The summed E-state index contributed by atoms with van der Waals surface area (Å²) in [4.78, 5) is 0. The summed E-state index contributed by atoms with van der Waals surface area (Å²) in [6.45, 7) is 5.44. The van der Waals surface area contributed by atoms with Crippen LogP contribution in [-0.2, 0) is 13.1 Å². The zero-order valence-corrected chi connectivity index (χ0v) is 11.6. The van der Waals surface area contributed by atoms with E-state index in [9.17, 15) is 4.39 Å². The highest BCUT2D eigenvalue weighted by Crippen LogP contribution is 2.28. The number of hydrogen-bond acceptors (Lipinski definition) is 5. The fourth-order valence-electron chi connectivity index (χ4n) is 1.84. The van der Waals surface area contributed by atoms with E-state index < -0.39 is 5.82 Å². The minimum absolute atomic E-state index is 0.182. The molecule has 0 unspecified atom stereocenters. The van der Waals surface area contributed by atoms with Gasteiger partial charge in [-0.25, -0.2) is 4.39 Å². The minimum atomic E-state index is -0.466. The molecule has 7 heteroatoms. The van der Waals surface area contributed by atoms with Gasteiger partial charge in [0.2, 0.25) is 0 Å². The number of hydrogen-bond donors (Lipinski definition) is 2. The number of aryl methyl sites for hydroxylation is 1. The average molecular weight is 279 g/mol. The van der Waals surface area contributed by atoms with Crippen LogP contribution in [0.1, 0.15) is 19.7 Å². The van der Waals surface area contributed by atoms with Crippen LogP contribution in [0.2, 0.25) is 0 Å². The molecule has 0 aliphatic heterocycles. The summed E-state index contributed by atoms with van der Waals surface area (Å²) in [5.41, 5.74) is 6.73. The molecule has 1 heterocycles. The summed E-state index contributed by atoms with van der Waals surface area (Å²) in [6.07, 6.45) is 1.66. The molecule has 0 amide bonds. The Balaban J connectivity index is 2.14. The molecule has 108 valence electrons. The van der Waals surface area contributed by atoms with Crippen LogP contribution in [0.5, 0.6) is 5.75 Å². The maximum absolute atomic E-state index is 13.6. The highest BCUT2D eigenvalue weighted by Gasteiger charge is 2.10. The monoisotopic (exact) mass is 279 g/mol. The van der Waals surface area contributed by atoms with Gasteiger partial charge in [0, 0.05) is 18.7 Å². The van der Waals surface area contributed by atoms with Crippen LogP contribution >= 0.6 is 0 Å². The summed E-state index contributed by atoms with van der Waals surface area (Å²) in [6, 6.07) is 2.80. The van der Waals surface area contributed by atoms with Crippen LogP contribution in [0.4, 0.5) is 15.8 Å². The lowest BCUT2D eigenvalue weighted by atomic mass is 10.2. The molecule has 0 aliphatic carbocycles. The molecule has 0 bridgehead atoms. The predicted octanol–water partition coefficient (Wildman–Crippen LogP) is 2.03. The molecule has 2 aromatic rings. The van der Waals surface area contributed by atoms with Gasteiger partial charge in [0.15, 0.2) is 17.4 Å².